The van der Waals surface area contributed by atoms with E-state index in [0.29, 0.717) is 25.7 Å². The van der Waals surface area contributed by atoms with Crippen LogP contribution in [0.3, 0.4) is 0 Å². The Balaban J connectivity index is 0.821. The molecule has 68 heavy (non-hydrogen) atoms. The smallest absolute Gasteiger partial charge is 0.407 e. The zero-order chi connectivity index (χ0) is 47.8. The van der Waals surface area contributed by atoms with E-state index in [4.69, 9.17) is 28.9 Å². The molecular weight excluding hydrogens is 865 g/mol. The molecule has 12 atom stereocenters. The number of nitrogens with zero attached hydrogens (tertiary/aromatic N) is 4. The molecule has 16 heteroatoms. The van der Waals surface area contributed by atoms with Crippen LogP contribution in [0.1, 0.15) is 117 Å². The highest BCUT2D eigenvalue weighted by molar-refractivity contribution is 5.88. The predicted molar refractivity (Wildman–Crippen MR) is 253 cm³/mol. The van der Waals surface area contributed by atoms with Crippen LogP contribution >= 0.6 is 0 Å². The Morgan fingerprint density at radius 2 is 0.926 bits per heavy atom. The average Bonchev–Trinajstić information content (AvgIpc) is 3.74. The number of aromatic amines is 2. The van der Waals surface area contributed by atoms with Gasteiger partial charge in [-0.3, -0.25) is 9.59 Å². The zero-order valence-electron chi connectivity index (χ0n) is 40.4. The van der Waals surface area contributed by atoms with E-state index in [9.17, 15) is 19.2 Å². The molecule has 4 aromatic rings. The summed E-state index contributed by atoms with van der Waals surface area (Å²) in [5, 5.41) is 5.82. The van der Waals surface area contributed by atoms with Gasteiger partial charge in [0.25, 0.3) is 0 Å². The molecule has 4 saturated heterocycles. The van der Waals surface area contributed by atoms with Crippen LogP contribution in [0, 0.1) is 22.7 Å². The minimum absolute atomic E-state index is 0.00506. The Morgan fingerprint density at radius 1 is 0.588 bits per heavy atom. The maximum Gasteiger partial charge on any atom is 0.407 e. The highest BCUT2D eigenvalue weighted by Gasteiger charge is 2.66. The Bertz CT molecular complexity index is 2350. The molecule has 0 spiro atoms. The molecule has 0 bridgehead atoms. The summed E-state index contributed by atoms with van der Waals surface area (Å²) in [6.07, 6.45) is 8.50. The van der Waals surface area contributed by atoms with Gasteiger partial charge < -0.3 is 49.3 Å². The molecule has 4 N–H and O–H groups in total. The maximum absolute atomic E-state index is 14.6. The van der Waals surface area contributed by atoms with Crippen molar-refractivity contribution in [1.82, 2.24) is 40.4 Å². The van der Waals surface area contributed by atoms with Crippen molar-refractivity contribution in [3.8, 4) is 33.6 Å². The van der Waals surface area contributed by atoms with Crippen molar-refractivity contribution < 1.29 is 38.1 Å². The van der Waals surface area contributed by atoms with Gasteiger partial charge in [-0.2, -0.15) is 0 Å². The Kier molecular flexibility index (Phi) is 11.9. The quantitative estimate of drug-likeness (QED) is 0.114. The molecule has 2 aliphatic carbocycles. The number of nitrogens with one attached hydrogen (secondary N) is 4. The first kappa shape index (κ1) is 46.0. The molecule has 2 unspecified atom stereocenters. The summed E-state index contributed by atoms with van der Waals surface area (Å²) in [6, 6.07) is 14.9. The molecule has 6 heterocycles. The van der Waals surface area contributed by atoms with Crippen molar-refractivity contribution in [3.63, 3.8) is 0 Å². The molecule has 0 radical (unpaired) electrons. The molecule has 4 amide bonds. The number of hydrogen-bond donors (Lipinski definition) is 4. The summed E-state index contributed by atoms with van der Waals surface area (Å²) >= 11 is 0. The zero-order valence-corrected chi connectivity index (χ0v) is 40.4. The highest BCUT2D eigenvalue weighted by Crippen LogP contribution is 2.64. The standard InChI is InChI=1S/C52H66N8O8/c1-27-17-35(18-28(2)67-27)43(57-49(63)65-7)47(61)59-39(21-51(5)23-41(51)59)45-53-25-37(55-45)33-13-9-31(10-14-33)32-11-15-34(16-12-32)38-26-54-46(56-38)40-22-52(6)24-42(52)60(40)48(62)44(58-50(64)66-8)36-19-29(3)68-30(4)20-36/h9-16,25-30,35-36,39-44H,17-24H2,1-8H3,(H,53,55)(H,54,56)(H,57,63)(H,58,64)/t27-,28-,29-,30-,39+,40+,41?,42?,43+,44+,51+,52+/m1/s1. The first-order valence-corrected chi connectivity index (χ1v) is 24.5. The third kappa shape index (κ3) is 8.67. The fourth-order valence-electron chi connectivity index (χ4n) is 12.6. The van der Waals surface area contributed by atoms with Gasteiger partial charge >= 0.3 is 12.2 Å². The third-order valence-corrected chi connectivity index (χ3v) is 16.2. The summed E-state index contributed by atoms with van der Waals surface area (Å²) in [7, 11) is 2.65. The SMILES string of the molecule is COC(=O)N[C@H](C(=O)N1C2C[C@]2(C)C[C@H]1c1ncc(-c2ccc(-c3ccc(-c4cnc([C@@H]5C[C@@]6(C)CC6N5C(=O)[C@@H](NC(=O)OC)C5C[C@@H](C)O[C@H](C)C5)[nH]4)cc3)cc2)[nH]1)C1C[C@@H](C)O[C@H](C)C1. The van der Waals surface area contributed by atoms with Gasteiger partial charge in [0.2, 0.25) is 11.8 Å². The number of carbonyl (C=O) groups excluding carboxylic acids is 4. The Morgan fingerprint density at radius 3 is 1.26 bits per heavy atom. The summed E-state index contributed by atoms with van der Waals surface area (Å²) in [6.45, 7) is 12.5. The molecule has 6 aliphatic rings. The van der Waals surface area contributed by atoms with E-state index in [1.807, 2.05) is 49.9 Å². The van der Waals surface area contributed by atoms with E-state index in [2.05, 4.69) is 83.0 Å². The Hall–Kier alpha value is -5.74. The van der Waals surface area contributed by atoms with Gasteiger partial charge in [-0.25, -0.2) is 19.6 Å². The molecule has 2 aromatic carbocycles. The number of ether oxygens (including phenoxy) is 4. The van der Waals surface area contributed by atoms with Gasteiger partial charge in [0.15, 0.2) is 0 Å². The first-order chi connectivity index (χ1) is 32.5. The number of imidazole rings is 2. The van der Waals surface area contributed by atoms with Crippen LogP contribution in [0.25, 0.3) is 33.6 Å². The van der Waals surface area contributed by atoms with E-state index in [1.54, 1.807) is 0 Å². The number of hydrogen-bond acceptors (Lipinski definition) is 10. The molecule has 4 aliphatic heterocycles. The average molecular weight is 931 g/mol. The number of aromatic nitrogens is 4. The second-order valence-corrected chi connectivity index (χ2v) is 21.4. The lowest BCUT2D eigenvalue weighted by molar-refractivity contribution is -0.140. The summed E-state index contributed by atoms with van der Waals surface area (Å²) in [5.74, 6) is 1.14. The van der Waals surface area contributed by atoms with E-state index >= 15 is 0 Å². The second kappa shape index (κ2) is 17.7. The van der Waals surface area contributed by atoms with E-state index in [-0.39, 0.29) is 83.1 Å². The molecule has 2 saturated carbocycles. The van der Waals surface area contributed by atoms with E-state index in [1.165, 1.54) is 14.2 Å². The number of piperidine rings is 2. The lowest BCUT2D eigenvalue weighted by atomic mass is 9.85. The third-order valence-electron chi connectivity index (χ3n) is 16.2. The summed E-state index contributed by atoms with van der Waals surface area (Å²) in [5.41, 5.74) is 5.81. The van der Waals surface area contributed by atoms with E-state index in [0.717, 1.165) is 71.0 Å². The molecule has 362 valence electrons. The lowest BCUT2D eigenvalue weighted by Gasteiger charge is -2.38. The number of carbonyl (C=O) groups is 4. The van der Waals surface area contributed by atoms with Crippen LogP contribution in [0.2, 0.25) is 0 Å². The first-order valence-electron chi connectivity index (χ1n) is 24.5. The number of H-pyrrole nitrogens is 2. The van der Waals surface area contributed by atoms with Gasteiger partial charge in [-0.1, -0.05) is 62.4 Å². The van der Waals surface area contributed by atoms with Gasteiger partial charge in [-0.05, 0) is 124 Å². The maximum atomic E-state index is 14.6. The normalized spacial score (nSPS) is 33.5. The highest BCUT2D eigenvalue weighted by atomic mass is 16.5. The van der Waals surface area contributed by atoms with Crippen molar-refractivity contribution >= 4 is 24.0 Å². The fraction of sp³-hybridized carbons (Fsp3) is 0.577. The van der Waals surface area contributed by atoms with Crippen molar-refractivity contribution in [2.45, 2.75) is 154 Å². The van der Waals surface area contributed by atoms with Crippen molar-refractivity contribution in [1.29, 1.82) is 0 Å². The molecule has 16 nitrogen and oxygen atoms in total. The van der Waals surface area contributed by atoms with Crippen LogP contribution in [-0.4, -0.2) is 117 Å². The fourth-order valence-corrected chi connectivity index (χ4v) is 12.6. The minimum Gasteiger partial charge on any atom is -0.453 e. The van der Waals surface area contributed by atoms with Crippen LogP contribution < -0.4 is 10.6 Å². The lowest BCUT2D eigenvalue weighted by Crippen LogP contribution is -2.55. The number of alkyl carbamates (subject to hydrolysis) is 2. The van der Waals surface area contributed by atoms with Crippen LogP contribution in [0.15, 0.2) is 60.9 Å². The van der Waals surface area contributed by atoms with Gasteiger partial charge in [0.05, 0.1) is 74.5 Å². The Labute approximate surface area is 398 Å². The molecule has 10 rings (SSSR count). The number of amides is 4. The van der Waals surface area contributed by atoms with Gasteiger partial charge in [-0.15, -0.1) is 0 Å². The van der Waals surface area contributed by atoms with Gasteiger partial charge in [0.1, 0.15) is 23.7 Å². The van der Waals surface area contributed by atoms with E-state index < -0.39 is 24.3 Å². The minimum atomic E-state index is -0.725. The van der Waals surface area contributed by atoms with Crippen molar-refractivity contribution in [3.05, 3.63) is 72.6 Å². The van der Waals surface area contributed by atoms with Gasteiger partial charge in [0, 0.05) is 12.1 Å². The van der Waals surface area contributed by atoms with Crippen LogP contribution in [0.5, 0.6) is 0 Å². The molecule has 6 fully saturated rings. The van der Waals surface area contributed by atoms with Crippen molar-refractivity contribution in [2.24, 2.45) is 22.7 Å². The number of likely N-dealkylation sites (tertiary alicyclic amines) is 2. The number of benzene rings is 2. The number of fused-ring (bicyclic) bond motifs is 2. The molecule has 2 aromatic heterocycles. The summed E-state index contributed by atoms with van der Waals surface area (Å²) < 4.78 is 22.0. The molecular formula is C52H66N8O8. The van der Waals surface area contributed by atoms with Crippen LogP contribution in [-0.2, 0) is 28.5 Å². The topological polar surface area (TPSA) is 193 Å². The van der Waals surface area contributed by atoms with Crippen molar-refractivity contribution in [2.75, 3.05) is 14.2 Å². The monoisotopic (exact) mass is 931 g/mol. The van der Waals surface area contributed by atoms with Crippen LogP contribution in [0.4, 0.5) is 9.59 Å². The second-order valence-electron chi connectivity index (χ2n) is 21.4. The summed E-state index contributed by atoms with van der Waals surface area (Å²) in [4.78, 5) is 75.2. The number of rotatable bonds is 11. The predicted octanol–water partition coefficient (Wildman–Crippen LogP) is 8.09. The number of methoxy groups -OCH3 is 2. The largest absolute Gasteiger partial charge is 0.453 e.